The van der Waals surface area contributed by atoms with Gasteiger partial charge in [0.05, 0.1) is 0 Å². The van der Waals surface area contributed by atoms with Crippen molar-refractivity contribution in [3.05, 3.63) is 66.2 Å². The highest BCUT2D eigenvalue weighted by Gasteiger charge is 2.31. The van der Waals surface area contributed by atoms with E-state index in [4.69, 9.17) is 5.73 Å². The third-order valence-electron chi connectivity index (χ3n) is 4.53. The first kappa shape index (κ1) is 17.5. The third-order valence-corrected chi connectivity index (χ3v) is 5.79. The molecule has 1 heterocycles. The fourth-order valence-electron chi connectivity index (χ4n) is 3.07. The lowest BCUT2D eigenvalue weighted by Crippen LogP contribution is -2.43. The SMILES string of the molecule is NC(=O)C1CCN(C(=O)[C@H](Sc2ccccc2)c2ccccc2)CC1. The highest BCUT2D eigenvalue weighted by Crippen LogP contribution is 2.37. The van der Waals surface area contributed by atoms with E-state index in [2.05, 4.69) is 0 Å². The van der Waals surface area contributed by atoms with Crippen molar-refractivity contribution >= 4 is 23.6 Å². The zero-order chi connectivity index (χ0) is 17.6. The van der Waals surface area contributed by atoms with Crippen molar-refractivity contribution in [2.24, 2.45) is 11.7 Å². The highest BCUT2D eigenvalue weighted by atomic mass is 32.2. The number of rotatable bonds is 5. The molecule has 1 saturated heterocycles. The number of nitrogens with two attached hydrogens (primary N) is 1. The summed E-state index contributed by atoms with van der Waals surface area (Å²) >= 11 is 1.57. The van der Waals surface area contributed by atoms with Crippen LogP contribution in [0.2, 0.25) is 0 Å². The van der Waals surface area contributed by atoms with Crippen LogP contribution in [0, 0.1) is 5.92 Å². The van der Waals surface area contributed by atoms with Crippen LogP contribution < -0.4 is 5.73 Å². The molecule has 3 rings (SSSR count). The molecule has 2 N–H and O–H groups in total. The van der Waals surface area contributed by atoms with Crippen molar-refractivity contribution in [2.75, 3.05) is 13.1 Å². The Labute approximate surface area is 152 Å². The molecule has 2 amide bonds. The lowest BCUT2D eigenvalue weighted by atomic mass is 9.96. The van der Waals surface area contributed by atoms with E-state index in [1.54, 1.807) is 11.8 Å². The molecule has 1 atom stereocenters. The fourth-order valence-corrected chi connectivity index (χ4v) is 4.20. The minimum Gasteiger partial charge on any atom is -0.369 e. The normalized spacial score (nSPS) is 16.4. The molecule has 0 radical (unpaired) electrons. The molecule has 0 saturated carbocycles. The quantitative estimate of drug-likeness (QED) is 0.839. The molecule has 0 aromatic heterocycles. The Morgan fingerprint density at radius 3 is 2.08 bits per heavy atom. The van der Waals surface area contributed by atoms with Gasteiger partial charge in [0.2, 0.25) is 11.8 Å². The van der Waals surface area contributed by atoms with E-state index < -0.39 is 0 Å². The molecule has 2 aromatic carbocycles. The molecule has 2 aromatic rings. The number of primary amides is 1. The molecule has 5 heteroatoms. The predicted octanol–water partition coefficient (Wildman–Crippen LogP) is 3.24. The van der Waals surface area contributed by atoms with E-state index in [0.717, 1.165) is 10.5 Å². The fraction of sp³-hybridized carbons (Fsp3) is 0.300. The lowest BCUT2D eigenvalue weighted by molar-refractivity contribution is -0.134. The van der Waals surface area contributed by atoms with E-state index in [0.29, 0.717) is 25.9 Å². The largest absolute Gasteiger partial charge is 0.369 e. The lowest BCUT2D eigenvalue weighted by Gasteiger charge is -2.33. The van der Waals surface area contributed by atoms with Gasteiger partial charge >= 0.3 is 0 Å². The Morgan fingerprint density at radius 2 is 1.52 bits per heavy atom. The molecule has 130 valence electrons. The van der Waals surface area contributed by atoms with Crippen LogP contribution in [0.25, 0.3) is 0 Å². The summed E-state index contributed by atoms with van der Waals surface area (Å²) in [6.07, 6.45) is 1.30. The van der Waals surface area contributed by atoms with Crippen LogP contribution in [-0.4, -0.2) is 29.8 Å². The minimum absolute atomic E-state index is 0.1000. The number of hydrogen-bond donors (Lipinski definition) is 1. The van der Waals surface area contributed by atoms with Gasteiger partial charge in [0, 0.05) is 23.9 Å². The first-order valence-electron chi connectivity index (χ1n) is 8.50. The summed E-state index contributed by atoms with van der Waals surface area (Å²) in [4.78, 5) is 27.4. The summed E-state index contributed by atoms with van der Waals surface area (Å²) in [7, 11) is 0. The van der Waals surface area contributed by atoms with Gasteiger partial charge < -0.3 is 10.6 Å². The average Bonchev–Trinajstić information content (AvgIpc) is 2.67. The van der Waals surface area contributed by atoms with E-state index in [-0.39, 0.29) is 23.0 Å². The number of carbonyl (C=O) groups is 2. The Hall–Kier alpha value is -2.27. The zero-order valence-electron chi connectivity index (χ0n) is 14.0. The zero-order valence-corrected chi connectivity index (χ0v) is 14.8. The van der Waals surface area contributed by atoms with Gasteiger partial charge in [-0.25, -0.2) is 0 Å². The summed E-state index contributed by atoms with van der Waals surface area (Å²) < 4.78 is 0. The van der Waals surface area contributed by atoms with Crippen LogP contribution in [0.1, 0.15) is 23.7 Å². The Balaban J connectivity index is 1.77. The van der Waals surface area contributed by atoms with Crippen molar-refractivity contribution in [1.82, 2.24) is 4.90 Å². The van der Waals surface area contributed by atoms with Crippen molar-refractivity contribution in [2.45, 2.75) is 23.0 Å². The van der Waals surface area contributed by atoms with Gasteiger partial charge in [0.25, 0.3) is 0 Å². The summed E-state index contributed by atoms with van der Waals surface area (Å²) in [5.41, 5.74) is 6.39. The molecule has 1 fully saturated rings. The van der Waals surface area contributed by atoms with Crippen molar-refractivity contribution < 1.29 is 9.59 Å². The van der Waals surface area contributed by atoms with Crippen LogP contribution in [-0.2, 0) is 9.59 Å². The van der Waals surface area contributed by atoms with Gasteiger partial charge in [0.1, 0.15) is 5.25 Å². The van der Waals surface area contributed by atoms with E-state index >= 15 is 0 Å². The van der Waals surface area contributed by atoms with Crippen molar-refractivity contribution in [3.63, 3.8) is 0 Å². The molecule has 1 aliphatic rings. The summed E-state index contributed by atoms with van der Waals surface area (Å²) in [5, 5.41) is -0.284. The number of piperidine rings is 1. The molecule has 25 heavy (non-hydrogen) atoms. The average molecular weight is 354 g/mol. The van der Waals surface area contributed by atoms with Gasteiger partial charge in [0.15, 0.2) is 0 Å². The maximum Gasteiger partial charge on any atom is 0.240 e. The first-order valence-corrected chi connectivity index (χ1v) is 9.38. The number of thioether (sulfide) groups is 1. The van der Waals surface area contributed by atoms with Gasteiger partial charge in [-0.3, -0.25) is 9.59 Å². The molecule has 0 aliphatic carbocycles. The first-order chi connectivity index (χ1) is 12.1. The van der Waals surface area contributed by atoms with Crippen LogP contribution in [0.4, 0.5) is 0 Å². The van der Waals surface area contributed by atoms with Gasteiger partial charge in [-0.15, -0.1) is 11.8 Å². The molecule has 0 spiro atoms. The standard InChI is InChI=1S/C20H22N2O2S/c21-19(23)16-11-13-22(14-12-16)20(24)18(15-7-3-1-4-8-15)25-17-9-5-2-6-10-17/h1-10,16,18H,11-14H2,(H2,21,23)/t18-/m1/s1. The van der Waals surface area contributed by atoms with Gasteiger partial charge in [-0.05, 0) is 30.5 Å². The molecular formula is C20H22N2O2S. The maximum atomic E-state index is 13.2. The van der Waals surface area contributed by atoms with Crippen LogP contribution in [0.5, 0.6) is 0 Å². The summed E-state index contributed by atoms with van der Waals surface area (Å²) in [6, 6.07) is 19.8. The number of carbonyl (C=O) groups excluding carboxylic acids is 2. The second-order valence-corrected chi connectivity index (χ2v) is 7.40. The summed E-state index contributed by atoms with van der Waals surface area (Å²) in [5.74, 6) is -0.269. The topological polar surface area (TPSA) is 63.4 Å². The highest BCUT2D eigenvalue weighted by molar-refractivity contribution is 8.00. The maximum absolute atomic E-state index is 13.2. The van der Waals surface area contributed by atoms with Gasteiger partial charge in [-0.1, -0.05) is 48.5 Å². The number of hydrogen-bond acceptors (Lipinski definition) is 3. The van der Waals surface area contributed by atoms with Crippen molar-refractivity contribution in [3.8, 4) is 0 Å². The van der Waals surface area contributed by atoms with Crippen LogP contribution in [0.3, 0.4) is 0 Å². The Bertz CT molecular complexity index is 713. The molecule has 0 unspecified atom stereocenters. The Kier molecular flexibility index (Phi) is 5.76. The smallest absolute Gasteiger partial charge is 0.240 e. The predicted molar refractivity (Wildman–Crippen MR) is 100.0 cm³/mol. The van der Waals surface area contributed by atoms with Crippen molar-refractivity contribution in [1.29, 1.82) is 0 Å². The van der Waals surface area contributed by atoms with Gasteiger partial charge in [-0.2, -0.15) is 0 Å². The number of amides is 2. The third kappa shape index (κ3) is 4.42. The van der Waals surface area contributed by atoms with Crippen LogP contribution >= 0.6 is 11.8 Å². The number of nitrogens with zero attached hydrogens (tertiary/aromatic N) is 1. The Morgan fingerprint density at radius 1 is 0.960 bits per heavy atom. The second kappa shape index (κ2) is 8.21. The van der Waals surface area contributed by atoms with E-state index in [9.17, 15) is 9.59 Å². The molecule has 1 aliphatic heterocycles. The van der Waals surface area contributed by atoms with E-state index in [1.807, 2.05) is 65.6 Å². The molecule has 0 bridgehead atoms. The monoisotopic (exact) mass is 354 g/mol. The molecule has 4 nitrogen and oxygen atoms in total. The minimum atomic E-state index is -0.284. The second-order valence-electron chi connectivity index (χ2n) is 6.22. The molecular weight excluding hydrogens is 332 g/mol. The summed E-state index contributed by atoms with van der Waals surface area (Å²) in [6.45, 7) is 1.18. The number of likely N-dealkylation sites (tertiary alicyclic amines) is 1. The van der Waals surface area contributed by atoms with E-state index in [1.165, 1.54) is 0 Å². The van der Waals surface area contributed by atoms with Crippen LogP contribution in [0.15, 0.2) is 65.6 Å². The number of benzene rings is 2.